The number of rotatable bonds is 7. The lowest BCUT2D eigenvalue weighted by Gasteiger charge is -2.07. The highest BCUT2D eigenvalue weighted by Crippen LogP contribution is 2.09. The van der Waals surface area contributed by atoms with Gasteiger partial charge in [-0.25, -0.2) is 4.98 Å². The standard InChI is InChI=1S/C20H21N3O3/c1-2-26-19(24)15-23-20(25)16-9-11-18(12-10-16)22-14-6-4-8-17-7-3-5-13-21-17/h3,5,7,9-13,22H,2,6,14-15H2,1H3,(H,23,25). The molecular formula is C20H21N3O3. The fourth-order valence-electron chi connectivity index (χ4n) is 2.07. The summed E-state index contributed by atoms with van der Waals surface area (Å²) in [6.45, 7) is 2.56. The number of amides is 1. The van der Waals surface area contributed by atoms with Crippen molar-refractivity contribution >= 4 is 17.6 Å². The lowest BCUT2D eigenvalue weighted by atomic mass is 10.2. The van der Waals surface area contributed by atoms with E-state index in [2.05, 4.69) is 27.5 Å². The number of aromatic nitrogens is 1. The van der Waals surface area contributed by atoms with E-state index in [9.17, 15) is 9.59 Å². The van der Waals surface area contributed by atoms with Crippen molar-refractivity contribution in [1.82, 2.24) is 10.3 Å². The maximum Gasteiger partial charge on any atom is 0.325 e. The van der Waals surface area contributed by atoms with Gasteiger partial charge < -0.3 is 15.4 Å². The van der Waals surface area contributed by atoms with Gasteiger partial charge in [0.15, 0.2) is 0 Å². The fourth-order valence-corrected chi connectivity index (χ4v) is 2.07. The van der Waals surface area contributed by atoms with Crippen LogP contribution in [0.3, 0.4) is 0 Å². The van der Waals surface area contributed by atoms with Gasteiger partial charge in [-0.15, -0.1) is 0 Å². The van der Waals surface area contributed by atoms with Crippen LogP contribution in [0.1, 0.15) is 29.4 Å². The van der Waals surface area contributed by atoms with Crippen LogP contribution in [0.25, 0.3) is 0 Å². The van der Waals surface area contributed by atoms with Crippen LogP contribution < -0.4 is 10.6 Å². The molecule has 6 nitrogen and oxygen atoms in total. The number of hydrogen-bond acceptors (Lipinski definition) is 5. The summed E-state index contributed by atoms with van der Waals surface area (Å²) in [6.07, 6.45) is 2.39. The second kappa shape index (κ2) is 10.5. The van der Waals surface area contributed by atoms with E-state index in [4.69, 9.17) is 4.74 Å². The quantitative estimate of drug-likeness (QED) is 0.454. The Hall–Kier alpha value is -3.33. The van der Waals surface area contributed by atoms with Gasteiger partial charge in [-0.1, -0.05) is 12.0 Å². The number of anilines is 1. The molecule has 0 radical (unpaired) electrons. The molecule has 0 atom stereocenters. The number of hydrogen-bond donors (Lipinski definition) is 2. The molecule has 0 aliphatic carbocycles. The minimum absolute atomic E-state index is 0.137. The highest BCUT2D eigenvalue weighted by atomic mass is 16.5. The molecule has 6 heteroatoms. The number of benzene rings is 1. The van der Waals surface area contributed by atoms with E-state index in [1.54, 1.807) is 25.3 Å². The maximum atomic E-state index is 11.9. The van der Waals surface area contributed by atoms with Crippen molar-refractivity contribution in [3.63, 3.8) is 0 Å². The molecule has 0 unspecified atom stereocenters. The minimum Gasteiger partial charge on any atom is -0.465 e. The zero-order valence-electron chi connectivity index (χ0n) is 14.6. The van der Waals surface area contributed by atoms with Crippen LogP contribution >= 0.6 is 0 Å². The van der Waals surface area contributed by atoms with Gasteiger partial charge in [-0.2, -0.15) is 0 Å². The fraction of sp³-hybridized carbons (Fsp3) is 0.250. The average Bonchev–Trinajstić information content (AvgIpc) is 2.67. The van der Waals surface area contributed by atoms with E-state index in [0.29, 0.717) is 25.1 Å². The summed E-state index contributed by atoms with van der Waals surface area (Å²) in [7, 11) is 0. The summed E-state index contributed by atoms with van der Waals surface area (Å²) in [5, 5.41) is 5.76. The van der Waals surface area contributed by atoms with Crippen molar-refractivity contribution in [2.45, 2.75) is 13.3 Å². The van der Waals surface area contributed by atoms with Gasteiger partial charge in [0.2, 0.25) is 0 Å². The Morgan fingerprint density at radius 3 is 2.65 bits per heavy atom. The molecule has 0 aliphatic rings. The van der Waals surface area contributed by atoms with Gasteiger partial charge in [0, 0.05) is 30.4 Å². The molecule has 1 heterocycles. The zero-order valence-corrected chi connectivity index (χ0v) is 14.6. The molecule has 0 spiro atoms. The Kier molecular flexibility index (Phi) is 7.69. The summed E-state index contributed by atoms with van der Waals surface area (Å²) in [5.41, 5.74) is 2.13. The van der Waals surface area contributed by atoms with E-state index < -0.39 is 5.97 Å². The van der Waals surface area contributed by atoms with Crippen LogP contribution in [0, 0.1) is 11.8 Å². The number of pyridine rings is 1. The third-order valence-electron chi connectivity index (χ3n) is 3.31. The SMILES string of the molecule is CCOC(=O)CNC(=O)c1ccc(NCCC#Cc2ccccn2)cc1. The molecular weight excluding hydrogens is 330 g/mol. The largest absolute Gasteiger partial charge is 0.465 e. The second-order valence-electron chi connectivity index (χ2n) is 5.26. The highest BCUT2D eigenvalue weighted by molar-refractivity contribution is 5.96. The van der Waals surface area contributed by atoms with Gasteiger partial charge in [-0.3, -0.25) is 9.59 Å². The third-order valence-corrected chi connectivity index (χ3v) is 3.31. The van der Waals surface area contributed by atoms with Crippen molar-refractivity contribution in [2.75, 3.05) is 25.0 Å². The molecule has 1 aromatic heterocycles. The molecule has 0 fully saturated rings. The average molecular weight is 351 g/mol. The Balaban J connectivity index is 1.74. The topological polar surface area (TPSA) is 80.3 Å². The van der Waals surface area contributed by atoms with Gasteiger partial charge >= 0.3 is 5.97 Å². The normalized spacial score (nSPS) is 9.58. The number of nitrogens with one attached hydrogen (secondary N) is 2. The molecule has 2 rings (SSSR count). The van der Waals surface area contributed by atoms with Crippen LogP contribution in [0.15, 0.2) is 48.7 Å². The van der Waals surface area contributed by atoms with Gasteiger partial charge in [-0.05, 0) is 49.2 Å². The Morgan fingerprint density at radius 1 is 1.15 bits per heavy atom. The van der Waals surface area contributed by atoms with Crippen LogP contribution in [0.5, 0.6) is 0 Å². The molecule has 0 aliphatic heterocycles. The van der Waals surface area contributed by atoms with E-state index in [1.165, 1.54) is 0 Å². The smallest absolute Gasteiger partial charge is 0.325 e. The van der Waals surface area contributed by atoms with E-state index in [-0.39, 0.29) is 12.5 Å². The molecule has 1 aromatic carbocycles. The number of ether oxygens (including phenoxy) is 1. The predicted octanol–water partition coefficient (Wildman–Crippen LogP) is 2.23. The van der Waals surface area contributed by atoms with Crippen LogP contribution in [0.4, 0.5) is 5.69 Å². The van der Waals surface area contributed by atoms with Crippen molar-refractivity contribution in [3.8, 4) is 11.8 Å². The van der Waals surface area contributed by atoms with Crippen molar-refractivity contribution in [2.24, 2.45) is 0 Å². The van der Waals surface area contributed by atoms with Gasteiger partial charge in [0.25, 0.3) is 5.91 Å². The number of nitrogens with zero attached hydrogens (tertiary/aromatic N) is 1. The number of esters is 1. The number of carbonyl (C=O) groups excluding carboxylic acids is 2. The Labute approximate surface area is 153 Å². The second-order valence-corrected chi connectivity index (χ2v) is 5.26. The predicted molar refractivity (Wildman–Crippen MR) is 99.6 cm³/mol. The monoisotopic (exact) mass is 351 g/mol. The minimum atomic E-state index is -0.453. The van der Waals surface area contributed by atoms with E-state index in [1.807, 2.05) is 30.3 Å². The molecule has 0 saturated carbocycles. The molecule has 2 N–H and O–H groups in total. The number of carbonyl (C=O) groups is 2. The van der Waals surface area contributed by atoms with Gasteiger partial charge in [0.1, 0.15) is 12.2 Å². The summed E-state index contributed by atoms with van der Waals surface area (Å²) in [5.74, 6) is 5.28. The molecule has 0 bridgehead atoms. The summed E-state index contributed by atoms with van der Waals surface area (Å²) < 4.78 is 4.76. The molecule has 1 amide bonds. The van der Waals surface area contributed by atoms with E-state index >= 15 is 0 Å². The first-order valence-electron chi connectivity index (χ1n) is 8.36. The van der Waals surface area contributed by atoms with Crippen molar-refractivity contribution in [1.29, 1.82) is 0 Å². The van der Waals surface area contributed by atoms with Crippen LogP contribution in [0.2, 0.25) is 0 Å². The Bertz CT molecular complexity index is 777. The highest BCUT2D eigenvalue weighted by Gasteiger charge is 2.08. The Morgan fingerprint density at radius 2 is 1.96 bits per heavy atom. The molecule has 134 valence electrons. The third kappa shape index (κ3) is 6.65. The lowest BCUT2D eigenvalue weighted by molar-refractivity contribution is -0.141. The van der Waals surface area contributed by atoms with Gasteiger partial charge in [0.05, 0.1) is 6.61 Å². The lowest BCUT2D eigenvalue weighted by Crippen LogP contribution is -2.30. The molecule has 0 saturated heterocycles. The summed E-state index contributed by atoms with van der Waals surface area (Å²) >= 11 is 0. The summed E-state index contributed by atoms with van der Waals surface area (Å²) in [6, 6.07) is 12.6. The summed E-state index contributed by atoms with van der Waals surface area (Å²) in [4.78, 5) is 27.3. The molecule has 2 aromatic rings. The van der Waals surface area contributed by atoms with E-state index in [0.717, 1.165) is 11.4 Å². The maximum absolute atomic E-state index is 11.9. The first kappa shape index (κ1) is 19.0. The zero-order chi connectivity index (χ0) is 18.6. The van der Waals surface area contributed by atoms with Crippen LogP contribution in [-0.4, -0.2) is 36.6 Å². The molecule has 26 heavy (non-hydrogen) atoms. The first-order chi connectivity index (χ1) is 12.7. The first-order valence-corrected chi connectivity index (χ1v) is 8.36. The van der Waals surface area contributed by atoms with Crippen molar-refractivity contribution < 1.29 is 14.3 Å². The van der Waals surface area contributed by atoms with Crippen LogP contribution in [-0.2, 0) is 9.53 Å². The van der Waals surface area contributed by atoms with Crippen molar-refractivity contribution in [3.05, 3.63) is 59.9 Å².